The first-order valence-electron chi connectivity index (χ1n) is 6.24. The molecule has 0 atom stereocenters. The van der Waals surface area contributed by atoms with Crippen LogP contribution in [0.5, 0.6) is 5.75 Å². The van der Waals surface area contributed by atoms with Crippen LogP contribution >= 0.6 is 0 Å². The van der Waals surface area contributed by atoms with Crippen molar-refractivity contribution in [2.45, 2.75) is 5.41 Å². The number of hydrogen-bond acceptors (Lipinski definition) is 5. The number of nitriles is 1. The summed E-state index contributed by atoms with van der Waals surface area (Å²) in [6.07, 6.45) is 1.68. The van der Waals surface area contributed by atoms with Crippen molar-refractivity contribution < 1.29 is 9.47 Å². The Balaban J connectivity index is 1.96. The van der Waals surface area contributed by atoms with Crippen LogP contribution in [0.4, 0.5) is 0 Å². The van der Waals surface area contributed by atoms with E-state index < -0.39 is 5.41 Å². The van der Waals surface area contributed by atoms with Crippen LogP contribution in [-0.4, -0.2) is 30.3 Å². The molecule has 1 saturated heterocycles. The molecule has 0 aliphatic carbocycles. The Kier molecular flexibility index (Phi) is 3.09. The highest BCUT2D eigenvalue weighted by Gasteiger charge is 2.43. The molecule has 1 aliphatic heterocycles. The molecule has 0 bridgehead atoms. The van der Waals surface area contributed by atoms with E-state index in [0.29, 0.717) is 19.0 Å². The molecule has 1 fully saturated rings. The monoisotopic (exact) mass is 267 g/mol. The molecule has 5 nitrogen and oxygen atoms in total. The lowest BCUT2D eigenvalue weighted by Gasteiger charge is -2.33. The molecule has 20 heavy (non-hydrogen) atoms. The summed E-state index contributed by atoms with van der Waals surface area (Å²) in [6, 6.07) is 11.7. The Bertz CT molecular complexity index is 658. The fourth-order valence-corrected chi connectivity index (χ4v) is 2.06. The van der Waals surface area contributed by atoms with Gasteiger partial charge < -0.3 is 9.47 Å². The second-order valence-electron chi connectivity index (χ2n) is 4.68. The number of benzene rings is 1. The minimum absolute atomic E-state index is 0.357. The first kappa shape index (κ1) is 12.6. The van der Waals surface area contributed by atoms with Crippen molar-refractivity contribution >= 4 is 0 Å². The van der Waals surface area contributed by atoms with Gasteiger partial charge in [0, 0.05) is 11.8 Å². The average molecular weight is 267 g/mol. The third kappa shape index (κ3) is 2.00. The smallest absolute Gasteiger partial charge is 0.163 e. The summed E-state index contributed by atoms with van der Waals surface area (Å²) >= 11 is 0. The molecule has 2 heterocycles. The zero-order valence-electron chi connectivity index (χ0n) is 11.0. The molecule has 0 amide bonds. The summed E-state index contributed by atoms with van der Waals surface area (Å²) in [4.78, 5) is 8.73. The number of aromatic nitrogens is 2. The van der Waals surface area contributed by atoms with Gasteiger partial charge in [-0.05, 0) is 30.3 Å². The Hall–Kier alpha value is -2.45. The summed E-state index contributed by atoms with van der Waals surface area (Å²) in [5, 5.41) is 9.29. The maximum absolute atomic E-state index is 9.29. The maximum Gasteiger partial charge on any atom is 0.163 e. The second-order valence-corrected chi connectivity index (χ2v) is 4.68. The fraction of sp³-hybridized carbons (Fsp3) is 0.267. The molecule has 0 spiro atoms. The van der Waals surface area contributed by atoms with E-state index in [1.807, 2.05) is 30.3 Å². The molecule has 1 aromatic carbocycles. The number of rotatable bonds is 3. The number of nitrogens with zero attached hydrogens (tertiary/aromatic N) is 3. The van der Waals surface area contributed by atoms with Crippen molar-refractivity contribution in [1.82, 2.24) is 9.97 Å². The molecule has 0 unspecified atom stereocenters. The zero-order valence-corrected chi connectivity index (χ0v) is 11.0. The van der Waals surface area contributed by atoms with Crippen LogP contribution in [0.1, 0.15) is 5.82 Å². The van der Waals surface area contributed by atoms with Crippen molar-refractivity contribution in [2.24, 2.45) is 0 Å². The predicted molar refractivity (Wildman–Crippen MR) is 72.1 cm³/mol. The van der Waals surface area contributed by atoms with Gasteiger partial charge in [0.2, 0.25) is 0 Å². The number of ether oxygens (including phenoxy) is 2. The molecular formula is C15H13N3O2. The molecule has 5 heteroatoms. The second kappa shape index (κ2) is 4.91. The highest BCUT2D eigenvalue weighted by atomic mass is 16.5. The van der Waals surface area contributed by atoms with E-state index in [4.69, 9.17) is 9.47 Å². The summed E-state index contributed by atoms with van der Waals surface area (Å²) in [5.41, 5.74) is 1.06. The van der Waals surface area contributed by atoms with Gasteiger partial charge in [-0.15, -0.1) is 0 Å². The van der Waals surface area contributed by atoms with Gasteiger partial charge in [0.15, 0.2) is 11.2 Å². The van der Waals surface area contributed by atoms with Gasteiger partial charge in [-0.3, -0.25) is 0 Å². The third-order valence-electron chi connectivity index (χ3n) is 3.38. The van der Waals surface area contributed by atoms with Gasteiger partial charge >= 0.3 is 0 Å². The Morgan fingerprint density at radius 1 is 1.25 bits per heavy atom. The summed E-state index contributed by atoms with van der Waals surface area (Å²) in [7, 11) is 1.63. The molecule has 0 saturated carbocycles. The Morgan fingerprint density at radius 3 is 2.55 bits per heavy atom. The van der Waals surface area contributed by atoms with Crippen LogP contribution in [0.2, 0.25) is 0 Å². The molecule has 0 N–H and O–H groups in total. The van der Waals surface area contributed by atoms with Crippen molar-refractivity contribution in [1.29, 1.82) is 5.26 Å². The molecule has 1 aliphatic rings. The molecule has 1 aromatic heterocycles. The van der Waals surface area contributed by atoms with Crippen molar-refractivity contribution in [3.8, 4) is 23.1 Å². The molecule has 100 valence electrons. The van der Waals surface area contributed by atoms with Crippen LogP contribution in [-0.2, 0) is 10.2 Å². The van der Waals surface area contributed by atoms with Gasteiger partial charge in [0.1, 0.15) is 5.75 Å². The third-order valence-corrected chi connectivity index (χ3v) is 3.38. The van der Waals surface area contributed by atoms with E-state index in [1.165, 1.54) is 0 Å². The SMILES string of the molecule is COc1ccc(-c2ccnc(C3(C#N)COC3)n2)cc1. The summed E-state index contributed by atoms with van der Waals surface area (Å²) in [6.45, 7) is 0.713. The van der Waals surface area contributed by atoms with E-state index in [-0.39, 0.29) is 0 Å². The largest absolute Gasteiger partial charge is 0.497 e. The van der Waals surface area contributed by atoms with Crippen LogP contribution in [0.3, 0.4) is 0 Å². The van der Waals surface area contributed by atoms with E-state index in [2.05, 4.69) is 16.0 Å². The molecule has 0 radical (unpaired) electrons. The lowest BCUT2D eigenvalue weighted by atomic mass is 9.87. The Labute approximate surface area is 116 Å². The van der Waals surface area contributed by atoms with Crippen molar-refractivity contribution in [3.05, 3.63) is 42.4 Å². The van der Waals surface area contributed by atoms with E-state index in [0.717, 1.165) is 17.0 Å². The fourth-order valence-electron chi connectivity index (χ4n) is 2.06. The van der Waals surface area contributed by atoms with Gasteiger partial charge in [-0.1, -0.05) is 0 Å². The van der Waals surface area contributed by atoms with E-state index >= 15 is 0 Å². The number of hydrogen-bond donors (Lipinski definition) is 0. The summed E-state index contributed by atoms with van der Waals surface area (Å²) in [5.74, 6) is 1.32. The first-order valence-corrected chi connectivity index (χ1v) is 6.24. The number of methoxy groups -OCH3 is 1. The van der Waals surface area contributed by atoms with Crippen molar-refractivity contribution in [2.75, 3.05) is 20.3 Å². The topological polar surface area (TPSA) is 68.0 Å². The van der Waals surface area contributed by atoms with Crippen LogP contribution in [0, 0.1) is 11.3 Å². The maximum atomic E-state index is 9.29. The van der Waals surface area contributed by atoms with E-state index in [1.54, 1.807) is 13.3 Å². The van der Waals surface area contributed by atoms with Crippen molar-refractivity contribution in [3.63, 3.8) is 0 Å². The predicted octanol–water partition coefficient (Wildman–Crippen LogP) is 1.94. The summed E-state index contributed by atoms with van der Waals surface area (Å²) < 4.78 is 10.3. The van der Waals surface area contributed by atoms with Gasteiger partial charge in [0.25, 0.3) is 0 Å². The van der Waals surface area contributed by atoms with Crippen LogP contribution < -0.4 is 4.74 Å². The highest BCUT2D eigenvalue weighted by molar-refractivity contribution is 5.60. The minimum atomic E-state index is -0.692. The highest BCUT2D eigenvalue weighted by Crippen LogP contribution is 2.30. The minimum Gasteiger partial charge on any atom is -0.497 e. The van der Waals surface area contributed by atoms with E-state index in [9.17, 15) is 5.26 Å². The van der Waals surface area contributed by atoms with Crippen LogP contribution in [0.15, 0.2) is 36.5 Å². The standard InChI is InChI=1S/C15H13N3O2/c1-19-12-4-2-11(3-5-12)13-6-7-17-14(18-13)15(8-16)9-20-10-15/h2-7H,9-10H2,1H3. The quantitative estimate of drug-likeness (QED) is 0.850. The lowest BCUT2D eigenvalue weighted by molar-refractivity contribution is -0.0338. The Morgan fingerprint density at radius 2 is 2.00 bits per heavy atom. The molecule has 2 aromatic rings. The molecule has 3 rings (SSSR count). The molecular weight excluding hydrogens is 254 g/mol. The van der Waals surface area contributed by atoms with Gasteiger partial charge in [-0.2, -0.15) is 5.26 Å². The van der Waals surface area contributed by atoms with Crippen LogP contribution in [0.25, 0.3) is 11.3 Å². The normalized spacial score (nSPS) is 16.0. The van der Waals surface area contributed by atoms with Gasteiger partial charge in [0.05, 0.1) is 32.1 Å². The lowest BCUT2D eigenvalue weighted by Crippen LogP contribution is -2.46. The average Bonchev–Trinajstić information content (AvgIpc) is 2.47. The zero-order chi connectivity index (χ0) is 14.0. The first-order chi connectivity index (χ1) is 9.77. The van der Waals surface area contributed by atoms with Gasteiger partial charge in [-0.25, -0.2) is 9.97 Å².